The van der Waals surface area contributed by atoms with Gasteiger partial charge < -0.3 is 15.1 Å². The second-order valence-electron chi connectivity index (χ2n) is 8.53. The lowest BCUT2D eigenvalue weighted by molar-refractivity contribution is 0.139. The van der Waals surface area contributed by atoms with Gasteiger partial charge in [-0.05, 0) is 51.0 Å². The first-order valence-corrected chi connectivity index (χ1v) is 10.9. The molecule has 0 spiro atoms. The maximum absolute atomic E-state index is 15.3. The summed E-state index contributed by atoms with van der Waals surface area (Å²) >= 11 is 0. The van der Waals surface area contributed by atoms with Crippen LogP contribution in [0.3, 0.4) is 0 Å². The first-order chi connectivity index (χ1) is 15.3. The minimum Gasteiger partial charge on any atom is -0.388 e. The summed E-state index contributed by atoms with van der Waals surface area (Å²) in [6.07, 6.45) is -0.887. The molecule has 3 aromatic rings. The first-order valence-electron chi connectivity index (χ1n) is 10.9. The predicted molar refractivity (Wildman–Crippen MR) is 121 cm³/mol. The fourth-order valence-corrected chi connectivity index (χ4v) is 4.63. The van der Waals surface area contributed by atoms with Crippen molar-refractivity contribution in [2.75, 3.05) is 11.4 Å². The van der Waals surface area contributed by atoms with Crippen LogP contribution in [0.1, 0.15) is 55.3 Å². The number of fused-ring (bicyclic) bond motifs is 1. The van der Waals surface area contributed by atoms with Gasteiger partial charge in [-0.3, -0.25) is 4.57 Å². The minimum absolute atomic E-state index is 0.00263. The van der Waals surface area contributed by atoms with E-state index >= 15 is 4.39 Å². The Labute approximate surface area is 186 Å². The van der Waals surface area contributed by atoms with E-state index in [2.05, 4.69) is 10.00 Å². The van der Waals surface area contributed by atoms with E-state index in [9.17, 15) is 15.0 Å². The number of hydrogen-bond donors (Lipinski definition) is 2. The monoisotopic (exact) mass is 440 g/mol. The highest BCUT2D eigenvalue weighted by Crippen LogP contribution is 2.44. The summed E-state index contributed by atoms with van der Waals surface area (Å²) in [7, 11) is 0. The van der Waals surface area contributed by atoms with Gasteiger partial charge in [0.15, 0.2) is 5.82 Å². The van der Waals surface area contributed by atoms with Crippen LogP contribution >= 0.6 is 0 Å². The second kappa shape index (κ2) is 8.52. The Kier molecular flexibility index (Phi) is 5.92. The number of rotatable bonds is 5. The summed E-state index contributed by atoms with van der Waals surface area (Å²) in [4.78, 5) is 14.9. The van der Waals surface area contributed by atoms with Crippen LogP contribution < -0.4 is 10.6 Å². The quantitative estimate of drug-likeness (QED) is 0.637. The molecule has 0 radical (unpaired) electrons. The van der Waals surface area contributed by atoms with E-state index in [1.807, 2.05) is 45.0 Å². The van der Waals surface area contributed by atoms with E-state index < -0.39 is 24.2 Å². The number of aromatic nitrogens is 3. The average Bonchev–Trinajstić information content (AvgIpc) is 3.09. The molecule has 1 aliphatic heterocycles. The van der Waals surface area contributed by atoms with Crippen molar-refractivity contribution in [3.05, 3.63) is 75.2 Å². The predicted octanol–water partition coefficient (Wildman–Crippen LogP) is 3.04. The largest absolute Gasteiger partial charge is 0.388 e. The average molecular weight is 441 g/mol. The summed E-state index contributed by atoms with van der Waals surface area (Å²) in [5.41, 5.74) is 2.77. The van der Waals surface area contributed by atoms with Gasteiger partial charge in [0.1, 0.15) is 18.1 Å². The Balaban J connectivity index is 1.88. The van der Waals surface area contributed by atoms with Crippen LogP contribution in [0.15, 0.2) is 41.2 Å². The van der Waals surface area contributed by atoms with Crippen molar-refractivity contribution >= 4 is 5.69 Å². The summed E-state index contributed by atoms with van der Waals surface area (Å²) in [6, 6.07) is 10.9. The highest BCUT2D eigenvalue weighted by molar-refractivity contribution is 5.64. The molecule has 2 heterocycles. The molecule has 2 N–H and O–H groups in total. The van der Waals surface area contributed by atoms with E-state index in [0.717, 1.165) is 15.8 Å². The highest BCUT2D eigenvalue weighted by atomic mass is 19.1. The zero-order chi connectivity index (χ0) is 23.2. The number of aliphatic hydroxyl groups excluding tert-OH is 2. The standard InChI is InChI=1S/C24H29FN4O3/c1-5-27-22(13-30)26-29(24(27)32)21-11-20-17(10-19(21)25)23(31)18(12-28(20)14(2)3)16-9-7-6-8-15(16)4/h6-11,14,18,23,30-31H,5,12-13H2,1-4H3. The lowest BCUT2D eigenvalue weighted by Gasteiger charge is -2.42. The van der Waals surface area contributed by atoms with Gasteiger partial charge in [0.2, 0.25) is 0 Å². The van der Waals surface area contributed by atoms with Crippen molar-refractivity contribution in [1.29, 1.82) is 0 Å². The summed E-state index contributed by atoms with van der Waals surface area (Å²) in [5.74, 6) is -0.682. The third kappa shape index (κ3) is 3.53. The van der Waals surface area contributed by atoms with Crippen LogP contribution in [0.5, 0.6) is 0 Å². The van der Waals surface area contributed by atoms with E-state index in [-0.39, 0.29) is 23.5 Å². The zero-order valence-electron chi connectivity index (χ0n) is 18.8. The number of halogens is 1. The molecule has 2 atom stereocenters. The third-order valence-corrected chi connectivity index (χ3v) is 6.33. The molecule has 0 amide bonds. The zero-order valence-corrected chi connectivity index (χ0v) is 18.8. The van der Waals surface area contributed by atoms with Crippen LogP contribution in [-0.4, -0.2) is 37.1 Å². The summed E-state index contributed by atoms with van der Waals surface area (Å²) in [6.45, 7) is 8.31. The minimum atomic E-state index is -0.887. The summed E-state index contributed by atoms with van der Waals surface area (Å²) < 4.78 is 17.6. The molecule has 32 heavy (non-hydrogen) atoms. The van der Waals surface area contributed by atoms with Crippen molar-refractivity contribution in [3.8, 4) is 5.69 Å². The van der Waals surface area contributed by atoms with Crippen LogP contribution in [0, 0.1) is 12.7 Å². The van der Waals surface area contributed by atoms with Crippen molar-refractivity contribution in [2.24, 2.45) is 0 Å². The molecule has 1 aliphatic rings. The third-order valence-electron chi connectivity index (χ3n) is 6.33. The number of aryl methyl sites for hydroxylation is 1. The van der Waals surface area contributed by atoms with E-state index in [0.29, 0.717) is 24.3 Å². The fraction of sp³-hybridized carbons (Fsp3) is 0.417. The van der Waals surface area contributed by atoms with Gasteiger partial charge in [-0.15, -0.1) is 5.10 Å². The van der Waals surface area contributed by atoms with Crippen molar-refractivity contribution in [2.45, 2.75) is 58.9 Å². The van der Waals surface area contributed by atoms with Crippen LogP contribution in [0.25, 0.3) is 5.69 Å². The molecule has 0 aliphatic carbocycles. The smallest absolute Gasteiger partial charge is 0.350 e. The maximum atomic E-state index is 15.3. The van der Waals surface area contributed by atoms with Crippen molar-refractivity contribution in [3.63, 3.8) is 0 Å². The molecule has 0 bridgehead atoms. The molecule has 8 heteroatoms. The van der Waals surface area contributed by atoms with Crippen LogP contribution in [0.4, 0.5) is 10.1 Å². The maximum Gasteiger partial charge on any atom is 0.350 e. The number of hydrogen-bond acceptors (Lipinski definition) is 5. The van der Waals surface area contributed by atoms with Crippen LogP contribution in [-0.2, 0) is 13.2 Å². The number of anilines is 1. The molecular formula is C24H29FN4O3. The van der Waals surface area contributed by atoms with Crippen molar-refractivity contribution < 1.29 is 14.6 Å². The van der Waals surface area contributed by atoms with Gasteiger partial charge in [-0.1, -0.05) is 24.3 Å². The lowest BCUT2D eigenvalue weighted by Crippen LogP contribution is -2.41. The van der Waals surface area contributed by atoms with Gasteiger partial charge >= 0.3 is 5.69 Å². The van der Waals surface area contributed by atoms with Gasteiger partial charge in [0, 0.05) is 36.3 Å². The molecule has 2 unspecified atom stereocenters. The molecule has 7 nitrogen and oxygen atoms in total. The Morgan fingerprint density at radius 1 is 1.19 bits per heavy atom. The molecule has 0 fully saturated rings. The van der Waals surface area contributed by atoms with Gasteiger partial charge in [0.25, 0.3) is 0 Å². The topological polar surface area (TPSA) is 83.5 Å². The van der Waals surface area contributed by atoms with E-state index in [1.54, 1.807) is 13.0 Å². The molecular weight excluding hydrogens is 411 g/mol. The van der Waals surface area contributed by atoms with E-state index in [4.69, 9.17) is 0 Å². The normalized spacial score (nSPS) is 18.3. The molecule has 0 saturated heterocycles. The number of nitrogens with zero attached hydrogens (tertiary/aromatic N) is 4. The summed E-state index contributed by atoms with van der Waals surface area (Å²) in [5, 5.41) is 24.9. The van der Waals surface area contributed by atoms with Gasteiger partial charge in [-0.2, -0.15) is 4.68 Å². The molecule has 170 valence electrons. The Morgan fingerprint density at radius 2 is 1.91 bits per heavy atom. The Bertz CT molecular complexity index is 1200. The molecule has 4 rings (SSSR count). The fourth-order valence-electron chi connectivity index (χ4n) is 4.63. The van der Waals surface area contributed by atoms with Gasteiger partial charge in [-0.25, -0.2) is 9.18 Å². The molecule has 0 saturated carbocycles. The van der Waals surface area contributed by atoms with Crippen molar-refractivity contribution in [1.82, 2.24) is 14.3 Å². The lowest BCUT2D eigenvalue weighted by atomic mass is 9.82. The molecule has 1 aromatic heterocycles. The number of benzene rings is 2. The Morgan fingerprint density at radius 3 is 2.50 bits per heavy atom. The molecule has 2 aromatic carbocycles. The number of aliphatic hydroxyl groups is 2. The second-order valence-corrected chi connectivity index (χ2v) is 8.53. The SMILES string of the molecule is CCn1c(CO)nn(-c2cc3c(cc2F)C(O)C(c2ccccc2C)CN3C(C)C)c1=O. The highest BCUT2D eigenvalue weighted by Gasteiger charge is 2.36. The van der Waals surface area contributed by atoms with Gasteiger partial charge in [0.05, 0.1) is 6.10 Å². The van der Waals surface area contributed by atoms with Crippen LogP contribution in [0.2, 0.25) is 0 Å². The van der Waals surface area contributed by atoms with E-state index in [1.165, 1.54) is 10.6 Å². The Hall–Kier alpha value is -2.97. The first kappa shape index (κ1) is 22.2.